The molecule has 1 aromatic rings. The summed E-state index contributed by atoms with van der Waals surface area (Å²) < 4.78 is 25.7. The molecule has 1 aliphatic heterocycles. The zero-order chi connectivity index (χ0) is 14.8. The van der Waals surface area contributed by atoms with Crippen molar-refractivity contribution in [2.45, 2.75) is 18.9 Å². The molecule has 108 valence electrons. The maximum atomic E-state index is 11.7. The van der Waals surface area contributed by atoms with Crippen LogP contribution in [0.5, 0.6) is 0 Å². The van der Waals surface area contributed by atoms with Crippen molar-refractivity contribution in [3.8, 4) is 6.07 Å². The molecule has 1 saturated heterocycles. The van der Waals surface area contributed by atoms with Crippen LogP contribution in [0.15, 0.2) is 18.2 Å². The summed E-state index contributed by atoms with van der Waals surface area (Å²) in [5, 5.41) is 9.27. The van der Waals surface area contributed by atoms with Crippen LogP contribution in [0.4, 0.5) is 5.69 Å². The van der Waals surface area contributed by atoms with Crippen molar-refractivity contribution in [1.82, 2.24) is 4.72 Å². The molecule has 0 aromatic heterocycles. The van der Waals surface area contributed by atoms with Gasteiger partial charge in [-0.25, -0.2) is 13.1 Å². The largest absolute Gasteiger partial charge is 0.367 e. The molecule has 0 saturated carbocycles. The summed E-state index contributed by atoms with van der Waals surface area (Å²) in [6, 6.07) is 7.16. The van der Waals surface area contributed by atoms with Crippen molar-refractivity contribution in [2.75, 3.05) is 24.2 Å². The summed E-state index contributed by atoms with van der Waals surface area (Å²) in [4.78, 5) is 2.04. The third kappa shape index (κ3) is 3.23. The molecule has 0 aliphatic carbocycles. The summed E-state index contributed by atoms with van der Waals surface area (Å²) in [7, 11) is -1.82. The zero-order valence-corrected chi connectivity index (χ0v) is 12.7. The number of hydrogen-bond donors (Lipinski definition) is 1. The lowest BCUT2D eigenvalue weighted by Gasteiger charge is -2.26. The van der Waals surface area contributed by atoms with Crippen LogP contribution >= 0.6 is 11.6 Å². The van der Waals surface area contributed by atoms with E-state index in [1.54, 1.807) is 12.1 Å². The lowest BCUT2D eigenvalue weighted by atomic mass is 10.2. The number of benzene rings is 1. The van der Waals surface area contributed by atoms with Gasteiger partial charge in [0, 0.05) is 18.3 Å². The van der Waals surface area contributed by atoms with Gasteiger partial charge in [-0.1, -0.05) is 11.6 Å². The van der Waals surface area contributed by atoms with Crippen molar-refractivity contribution in [2.24, 2.45) is 0 Å². The van der Waals surface area contributed by atoms with E-state index in [0.29, 0.717) is 10.6 Å². The van der Waals surface area contributed by atoms with Gasteiger partial charge in [-0.3, -0.25) is 0 Å². The number of hydrogen-bond acceptors (Lipinski definition) is 4. The second-order valence-electron chi connectivity index (χ2n) is 4.75. The van der Waals surface area contributed by atoms with E-state index in [1.165, 1.54) is 7.05 Å². The Morgan fingerprint density at radius 1 is 1.55 bits per heavy atom. The molecular weight excluding hydrogens is 298 g/mol. The average Bonchev–Trinajstić information content (AvgIpc) is 2.86. The minimum absolute atomic E-state index is 0.0588. The van der Waals surface area contributed by atoms with Gasteiger partial charge in [-0.15, -0.1) is 0 Å². The van der Waals surface area contributed by atoms with Crippen LogP contribution in [0.25, 0.3) is 0 Å². The molecular formula is C13H16ClN3O2S. The number of nitriles is 1. The molecule has 1 atom stereocenters. The van der Waals surface area contributed by atoms with Crippen molar-refractivity contribution in [3.63, 3.8) is 0 Å². The fourth-order valence-electron chi connectivity index (χ4n) is 2.46. The average molecular weight is 314 g/mol. The highest BCUT2D eigenvalue weighted by molar-refractivity contribution is 7.89. The van der Waals surface area contributed by atoms with Crippen LogP contribution in [0, 0.1) is 11.3 Å². The van der Waals surface area contributed by atoms with E-state index < -0.39 is 10.0 Å². The fourth-order valence-corrected chi connectivity index (χ4v) is 3.70. The van der Waals surface area contributed by atoms with Crippen molar-refractivity contribution in [1.29, 1.82) is 5.26 Å². The van der Waals surface area contributed by atoms with Gasteiger partial charge >= 0.3 is 0 Å². The Kier molecular flexibility index (Phi) is 4.53. The SMILES string of the molecule is CNS(=O)(=O)CC1CCCN1c1ccc(C#N)c(Cl)c1. The first-order valence-electron chi connectivity index (χ1n) is 6.34. The fraction of sp³-hybridized carbons (Fsp3) is 0.462. The molecule has 1 aliphatic rings. The third-order valence-electron chi connectivity index (χ3n) is 3.50. The van der Waals surface area contributed by atoms with Crippen LogP contribution in [0.3, 0.4) is 0 Å². The zero-order valence-electron chi connectivity index (χ0n) is 11.1. The predicted octanol–water partition coefficient (Wildman–Crippen LogP) is 1.73. The van der Waals surface area contributed by atoms with E-state index >= 15 is 0 Å². The Hall–Kier alpha value is -1.29. The summed E-state index contributed by atoms with van der Waals surface area (Å²) in [5.41, 5.74) is 1.29. The predicted molar refractivity (Wildman–Crippen MR) is 79.4 cm³/mol. The van der Waals surface area contributed by atoms with Gasteiger partial charge in [0.2, 0.25) is 10.0 Å². The van der Waals surface area contributed by atoms with Gasteiger partial charge in [-0.05, 0) is 38.1 Å². The number of halogens is 1. The molecule has 1 fully saturated rings. The van der Waals surface area contributed by atoms with E-state index in [2.05, 4.69) is 4.72 Å². The van der Waals surface area contributed by atoms with Crippen LogP contribution < -0.4 is 9.62 Å². The number of rotatable bonds is 4. The Morgan fingerprint density at radius 3 is 2.90 bits per heavy atom. The summed E-state index contributed by atoms with van der Waals surface area (Å²) in [6.07, 6.45) is 1.78. The molecule has 5 nitrogen and oxygen atoms in total. The highest BCUT2D eigenvalue weighted by Gasteiger charge is 2.29. The number of anilines is 1. The van der Waals surface area contributed by atoms with Crippen molar-refractivity contribution >= 4 is 27.3 Å². The van der Waals surface area contributed by atoms with E-state index in [0.717, 1.165) is 25.1 Å². The minimum Gasteiger partial charge on any atom is -0.367 e. The highest BCUT2D eigenvalue weighted by Crippen LogP contribution is 2.29. The lowest BCUT2D eigenvalue weighted by Crippen LogP contribution is -2.38. The molecule has 0 radical (unpaired) electrons. The Bertz CT molecular complexity index is 640. The molecule has 20 heavy (non-hydrogen) atoms. The number of sulfonamides is 1. The molecule has 1 N–H and O–H groups in total. The van der Waals surface area contributed by atoms with Gasteiger partial charge in [0.25, 0.3) is 0 Å². The molecule has 7 heteroatoms. The second-order valence-corrected chi connectivity index (χ2v) is 7.13. The van der Waals surface area contributed by atoms with Gasteiger partial charge in [0.1, 0.15) is 6.07 Å². The maximum Gasteiger partial charge on any atom is 0.213 e. The van der Waals surface area contributed by atoms with E-state index in [4.69, 9.17) is 16.9 Å². The molecule has 0 bridgehead atoms. The summed E-state index contributed by atoms with van der Waals surface area (Å²) in [6.45, 7) is 0.798. The van der Waals surface area contributed by atoms with Crippen LogP contribution in [0.2, 0.25) is 5.02 Å². The smallest absolute Gasteiger partial charge is 0.213 e. The second kappa shape index (κ2) is 6.00. The molecule has 0 spiro atoms. The Balaban J connectivity index is 2.23. The number of nitrogens with zero attached hydrogens (tertiary/aromatic N) is 2. The monoisotopic (exact) mass is 313 g/mol. The minimum atomic E-state index is -3.24. The highest BCUT2D eigenvalue weighted by atomic mass is 35.5. The van der Waals surface area contributed by atoms with Crippen LogP contribution in [-0.2, 0) is 10.0 Å². The van der Waals surface area contributed by atoms with E-state index in [-0.39, 0.29) is 11.8 Å². The molecule has 1 aromatic carbocycles. The van der Waals surface area contributed by atoms with Crippen LogP contribution in [-0.4, -0.2) is 33.8 Å². The quantitative estimate of drug-likeness (QED) is 0.918. The van der Waals surface area contributed by atoms with Crippen molar-refractivity contribution < 1.29 is 8.42 Å². The topological polar surface area (TPSA) is 73.2 Å². The summed E-state index contributed by atoms with van der Waals surface area (Å²) in [5.74, 6) is 0.0706. The molecule has 2 rings (SSSR count). The van der Waals surface area contributed by atoms with Gasteiger partial charge in [0.05, 0.1) is 16.3 Å². The van der Waals surface area contributed by atoms with Gasteiger partial charge in [-0.2, -0.15) is 5.26 Å². The number of nitrogens with one attached hydrogen (secondary N) is 1. The summed E-state index contributed by atoms with van der Waals surface area (Å²) >= 11 is 6.04. The Labute approximate surface area is 124 Å². The Morgan fingerprint density at radius 2 is 2.30 bits per heavy atom. The molecule has 1 heterocycles. The van der Waals surface area contributed by atoms with Gasteiger partial charge < -0.3 is 4.90 Å². The lowest BCUT2D eigenvalue weighted by molar-refractivity contribution is 0.578. The van der Waals surface area contributed by atoms with Gasteiger partial charge in [0.15, 0.2) is 0 Å². The first-order chi connectivity index (χ1) is 9.46. The van der Waals surface area contributed by atoms with E-state index in [1.807, 2.05) is 17.0 Å². The standard InChI is InChI=1S/C13H16ClN3O2S/c1-16-20(18,19)9-12-3-2-6-17(12)11-5-4-10(8-15)13(14)7-11/h4-5,7,12,16H,2-3,6,9H2,1H3. The normalized spacial score (nSPS) is 19.1. The molecule has 0 amide bonds. The van der Waals surface area contributed by atoms with Crippen molar-refractivity contribution in [3.05, 3.63) is 28.8 Å². The van der Waals surface area contributed by atoms with Crippen LogP contribution in [0.1, 0.15) is 18.4 Å². The van der Waals surface area contributed by atoms with E-state index in [9.17, 15) is 8.42 Å². The third-order valence-corrected chi connectivity index (χ3v) is 5.26. The molecule has 1 unspecified atom stereocenters. The first kappa shape index (κ1) is 15.1. The first-order valence-corrected chi connectivity index (χ1v) is 8.37. The maximum absolute atomic E-state index is 11.7.